The van der Waals surface area contributed by atoms with Crippen LogP contribution in [0.5, 0.6) is 0 Å². The van der Waals surface area contributed by atoms with Gasteiger partial charge in [0, 0.05) is 5.69 Å². The van der Waals surface area contributed by atoms with Gasteiger partial charge < -0.3 is 10.4 Å². The standard InChI is InChI=1S/C21H22N2O4/c1-2-3-4-14-5-11-17(12-6-14)23-19(24)13-18(20(23)25)22-16-9-7-15(8-10-16)21(26)27/h5-12,18,22H,2-4,13H2,1H3,(H,26,27)/t18-/m1/s1. The average molecular weight is 366 g/mol. The second kappa shape index (κ2) is 8.03. The summed E-state index contributed by atoms with van der Waals surface area (Å²) in [5.74, 6) is -1.56. The van der Waals surface area contributed by atoms with Gasteiger partial charge in [0.2, 0.25) is 5.91 Å². The molecular formula is C21H22N2O4. The highest BCUT2D eigenvalue weighted by atomic mass is 16.4. The van der Waals surface area contributed by atoms with Gasteiger partial charge in [-0.25, -0.2) is 9.69 Å². The number of aromatic carboxylic acids is 1. The van der Waals surface area contributed by atoms with Crippen LogP contribution < -0.4 is 10.2 Å². The van der Waals surface area contributed by atoms with E-state index in [1.54, 1.807) is 12.1 Å². The van der Waals surface area contributed by atoms with E-state index in [0.717, 1.165) is 19.3 Å². The van der Waals surface area contributed by atoms with Crippen LogP contribution in [0.1, 0.15) is 42.1 Å². The lowest BCUT2D eigenvalue weighted by Gasteiger charge is -2.16. The number of benzene rings is 2. The van der Waals surface area contributed by atoms with Gasteiger partial charge in [-0.3, -0.25) is 9.59 Å². The topological polar surface area (TPSA) is 86.7 Å². The number of amides is 2. The highest BCUT2D eigenvalue weighted by Gasteiger charge is 2.39. The molecule has 27 heavy (non-hydrogen) atoms. The molecule has 1 saturated heterocycles. The fourth-order valence-electron chi connectivity index (χ4n) is 3.12. The molecule has 1 aliphatic rings. The fourth-order valence-corrected chi connectivity index (χ4v) is 3.12. The van der Waals surface area contributed by atoms with E-state index in [0.29, 0.717) is 11.4 Å². The van der Waals surface area contributed by atoms with E-state index in [-0.39, 0.29) is 23.8 Å². The van der Waals surface area contributed by atoms with E-state index >= 15 is 0 Å². The van der Waals surface area contributed by atoms with Crippen molar-refractivity contribution in [2.24, 2.45) is 0 Å². The molecule has 2 amide bonds. The van der Waals surface area contributed by atoms with Crippen molar-refractivity contribution in [2.75, 3.05) is 10.2 Å². The van der Waals surface area contributed by atoms with Crippen LogP contribution in [-0.2, 0) is 16.0 Å². The molecule has 2 aromatic rings. The molecule has 140 valence electrons. The summed E-state index contributed by atoms with van der Waals surface area (Å²) in [5, 5.41) is 12.0. The molecule has 0 radical (unpaired) electrons. The van der Waals surface area contributed by atoms with Gasteiger partial charge in [-0.1, -0.05) is 25.5 Å². The largest absolute Gasteiger partial charge is 0.478 e. The number of carbonyl (C=O) groups is 3. The number of hydrogen-bond donors (Lipinski definition) is 2. The Kier molecular flexibility index (Phi) is 5.54. The maximum absolute atomic E-state index is 12.7. The van der Waals surface area contributed by atoms with Gasteiger partial charge in [-0.15, -0.1) is 0 Å². The Morgan fingerprint density at radius 1 is 1.11 bits per heavy atom. The molecule has 0 aliphatic carbocycles. The summed E-state index contributed by atoms with van der Waals surface area (Å²) >= 11 is 0. The molecule has 3 rings (SSSR count). The molecule has 2 N–H and O–H groups in total. The van der Waals surface area contributed by atoms with Crippen molar-refractivity contribution >= 4 is 29.2 Å². The van der Waals surface area contributed by atoms with Crippen LogP contribution in [0.25, 0.3) is 0 Å². The predicted octanol–water partition coefficient (Wildman–Crippen LogP) is 3.47. The first kappa shape index (κ1) is 18.6. The third-order valence-electron chi connectivity index (χ3n) is 4.63. The summed E-state index contributed by atoms with van der Waals surface area (Å²) < 4.78 is 0. The number of imide groups is 1. The Morgan fingerprint density at radius 3 is 2.37 bits per heavy atom. The number of hydrogen-bond acceptors (Lipinski definition) is 4. The lowest BCUT2D eigenvalue weighted by atomic mass is 10.1. The van der Waals surface area contributed by atoms with Crippen molar-refractivity contribution in [3.05, 3.63) is 59.7 Å². The number of nitrogens with zero attached hydrogens (tertiary/aromatic N) is 1. The lowest BCUT2D eigenvalue weighted by Crippen LogP contribution is -2.34. The Morgan fingerprint density at radius 2 is 1.78 bits per heavy atom. The number of nitrogens with one attached hydrogen (secondary N) is 1. The van der Waals surface area contributed by atoms with Crippen LogP contribution in [0, 0.1) is 0 Å². The van der Waals surface area contributed by atoms with Gasteiger partial charge in [-0.05, 0) is 54.8 Å². The molecule has 1 fully saturated rings. The lowest BCUT2D eigenvalue weighted by molar-refractivity contribution is -0.121. The number of carboxylic acid groups (broad SMARTS) is 1. The normalized spacial score (nSPS) is 16.6. The third kappa shape index (κ3) is 4.16. The summed E-state index contributed by atoms with van der Waals surface area (Å²) in [5.41, 5.74) is 2.53. The molecule has 0 aromatic heterocycles. The number of anilines is 2. The van der Waals surface area contributed by atoms with E-state index in [2.05, 4.69) is 12.2 Å². The molecular weight excluding hydrogens is 344 g/mol. The van der Waals surface area contributed by atoms with Gasteiger partial charge in [0.05, 0.1) is 17.7 Å². The summed E-state index contributed by atoms with van der Waals surface area (Å²) in [6.07, 6.45) is 3.27. The molecule has 1 aliphatic heterocycles. The van der Waals surface area contributed by atoms with Crippen molar-refractivity contribution < 1.29 is 19.5 Å². The maximum atomic E-state index is 12.7. The molecule has 1 atom stereocenters. The van der Waals surface area contributed by atoms with Crippen molar-refractivity contribution in [3.8, 4) is 0 Å². The van der Waals surface area contributed by atoms with Gasteiger partial charge >= 0.3 is 5.97 Å². The van der Waals surface area contributed by atoms with Crippen LogP contribution in [0.15, 0.2) is 48.5 Å². The number of carboxylic acids is 1. The van der Waals surface area contributed by atoms with Gasteiger partial charge in [-0.2, -0.15) is 0 Å². The third-order valence-corrected chi connectivity index (χ3v) is 4.63. The number of carbonyl (C=O) groups excluding carboxylic acids is 2. The molecule has 6 nitrogen and oxygen atoms in total. The minimum Gasteiger partial charge on any atom is -0.478 e. The molecule has 0 unspecified atom stereocenters. The predicted molar refractivity (Wildman–Crippen MR) is 103 cm³/mol. The first-order valence-corrected chi connectivity index (χ1v) is 9.05. The first-order chi connectivity index (χ1) is 13.0. The smallest absolute Gasteiger partial charge is 0.335 e. The zero-order valence-corrected chi connectivity index (χ0v) is 15.1. The quantitative estimate of drug-likeness (QED) is 0.733. The summed E-state index contributed by atoms with van der Waals surface area (Å²) in [6, 6.07) is 13.0. The van der Waals surface area contributed by atoms with Crippen molar-refractivity contribution in [3.63, 3.8) is 0 Å². The van der Waals surface area contributed by atoms with E-state index < -0.39 is 12.0 Å². The average Bonchev–Trinajstić information content (AvgIpc) is 2.94. The van der Waals surface area contributed by atoms with E-state index in [9.17, 15) is 14.4 Å². The minimum absolute atomic E-state index is 0.0666. The second-order valence-corrected chi connectivity index (χ2v) is 6.62. The van der Waals surface area contributed by atoms with E-state index in [1.165, 1.54) is 22.6 Å². The highest BCUT2D eigenvalue weighted by molar-refractivity contribution is 6.23. The fraction of sp³-hybridized carbons (Fsp3) is 0.286. The highest BCUT2D eigenvalue weighted by Crippen LogP contribution is 2.25. The van der Waals surface area contributed by atoms with Crippen LogP contribution >= 0.6 is 0 Å². The Bertz CT molecular complexity index is 843. The van der Waals surface area contributed by atoms with E-state index in [1.807, 2.05) is 24.3 Å². The Balaban J connectivity index is 1.70. The molecule has 0 saturated carbocycles. The molecule has 0 bridgehead atoms. The monoisotopic (exact) mass is 366 g/mol. The number of rotatable bonds is 7. The van der Waals surface area contributed by atoms with Crippen LogP contribution in [0.3, 0.4) is 0 Å². The molecule has 6 heteroatoms. The number of unbranched alkanes of at least 4 members (excludes halogenated alkanes) is 1. The molecule has 2 aromatic carbocycles. The first-order valence-electron chi connectivity index (χ1n) is 9.05. The second-order valence-electron chi connectivity index (χ2n) is 6.62. The van der Waals surface area contributed by atoms with Gasteiger partial charge in [0.1, 0.15) is 6.04 Å². The van der Waals surface area contributed by atoms with Crippen molar-refractivity contribution in [1.29, 1.82) is 0 Å². The zero-order chi connectivity index (χ0) is 19.4. The van der Waals surface area contributed by atoms with Gasteiger partial charge in [0.25, 0.3) is 5.91 Å². The minimum atomic E-state index is -1.01. The SMILES string of the molecule is CCCCc1ccc(N2C(=O)C[C@@H](Nc3ccc(C(=O)O)cc3)C2=O)cc1. The van der Waals surface area contributed by atoms with E-state index in [4.69, 9.17) is 5.11 Å². The maximum Gasteiger partial charge on any atom is 0.335 e. The van der Waals surface area contributed by atoms with Crippen LogP contribution in [0.4, 0.5) is 11.4 Å². The Labute approximate surface area is 157 Å². The van der Waals surface area contributed by atoms with Crippen molar-refractivity contribution in [2.45, 2.75) is 38.6 Å². The summed E-state index contributed by atoms with van der Waals surface area (Å²) in [7, 11) is 0. The van der Waals surface area contributed by atoms with Crippen LogP contribution in [-0.4, -0.2) is 28.9 Å². The van der Waals surface area contributed by atoms with Crippen LogP contribution in [0.2, 0.25) is 0 Å². The Hall–Kier alpha value is -3.15. The summed E-state index contributed by atoms with van der Waals surface area (Å²) in [4.78, 5) is 37.2. The number of aryl methyl sites for hydroxylation is 1. The summed E-state index contributed by atoms with van der Waals surface area (Å²) in [6.45, 7) is 2.14. The van der Waals surface area contributed by atoms with Crippen molar-refractivity contribution in [1.82, 2.24) is 0 Å². The zero-order valence-electron chi connectivity index (χ0n) is 15.1. The molecule has 1 heterocycles. The molecule has 0 spiro atoms. The van der Waals surface area contributed by atoms with Gasteiger partial charge in [0.15, 0.2) is 0 Å².